The van der Waals surface area contributed by atoms with Gasteiger partial charge in [-0.15, -0.1) is 12.4 Å². The van der Waals surface area contributed by atoms with Crippen molar-refractivity contribution in [2.75, 3.05) is 7.11 Å². The van der Waals surface area contributed by atoms with Crippen molar-refractivity contribution >= 4 is 18.4 Å². The summed E-state index contributed by atoms with van der Waals surface area (Å²) in [5, 5.41) is 3.36. The number of carbonyl (C=O) groups is 1. The first-order valence-electron chi connectivity index (χ1n) is 5.51. The van der Waals surface area contributed by atoms with Crippen molar-refractivity contribution in [3.8, 4) is 0 Å². The molecule has 0 fully saturated rings. The Hall–Kier alpha value is -1.06. The monoisotopic (exact) mass is 257 g/mol. The van der Waals surface area contributed by atoms with Gasteiger partial charge in [0.05, 0.1) is 13.5 Å². The third-order valence-electron chi connectivity index (χ3n) is 2.53. The van der Waals surface area contributed by atoms with E-state index >= 15 is 0 Å². The Morgan fingerprint density at radius 2 is 1.88 bits per heavy atom. The fourth-order valence-electron chi connectivity index (χ4n) is 1.66. The largest absolute Gasteiger partial charge is 0.469 e. The van der Waals surface area contributed by atoms with Gasteiger partial charge in [-0.05, 0) is 19.4 Å². The molecule has 0 aliphatic heterocycles. The lowest BCUT2D eigenvalue weighted by Gasteiger charge is -2.19. The van der Waals surface area contributed by atoms with E-state index in [1.807, 2.05) is 25.1 Å². The molecular weight excluding hydrogens is 238 g/mol. The number of hydrogen-bond donors (Lipinski definition) is 1. The lowest BCUT2D eigenvalue weighted by Crippen LogP contribution is -2.31. The van der Waals surface area contributed by atoms with Gasteiger partial charge in [0.15, 0.2) is 0 Å². The first-order chi connectivity index (χ1) is 7.63. The second-order valence-electron chi connectivity index (χ2n) is 3.98. The highest BCUT2D eigenvalue weighted by Gasteiger charge is 2.12. The van der Waals surface area contributed by atoms with Crippen molar-refractivity contribution in [3.05, 3.63) is 35.9 Å². The van der Waals surface area contributed by atoms with Crippen LogP contribution in [0, 0.1) is 0 Å². The molecule has 1 rings (SSSR count). The zero-order valence-corrected chi connectivity index (χ0v) is 11.3. The van der Waals surface area contributed by atoms with Gasteiger partial charge >= 0.3 is 5.97 Å². The summed E-state index contributed by atoms with van der Waals surface area (Å²) in [5.74, 6) is -0.180. The second kappa shape index (κ2) is 8.09. The maximum absolute atomic E-state index is 11.1. The van der Waals surface area contributed by atoms with Crippen LogP contribution in [0.25, 0.3) is 0 Å². The molecule has 2 atom stereocenters. The lowest BCUT2D eigenvalue weighted by atomic mass is 10.1. The third kappa shape index (κ3) is 5.71. The zero-order valence-electron chi connectivity index (χ0n) is 10.5. The summed E-state index contributed by atoms with van der Waals surface area (Å²) in [5.41, 5.74) is 1.22. The Morgan fingerprint density at radius 3 is 2.41 bits per heavy atom. The van der Waals surface area contributed by atoms with Crippen LogP contribution in [0.4, 0.5) is 0 Å². The Kier molecular flexibility index (Phi) is 7.59. The Balaban J connectivity index is 0.00000256. The number of carbonyl (C=O) groups excluding carboxylic acids is 1. The van der Waals surface area contributed by atoms with E-state index < -0.39 is 0 Å². The van der Waals surface area contributed by atoms with E-state index in [1.165, 1.54) is 12.7 Å². The van der Waals surface area contributed by atoms with E-state index in [-0.39, 0.29) is 30.5 Å². The molecule has 0 aliphatic carbocycles. The summed E-state index contributed by atoms with van der Waals surface area (Å²) in [6.07, 6.45) is 0.397. The van der Waals surface area contributed by atoms with E-state index in [4.69, 9.17) is 0 Å². The topological polar surface area (TPSA) is 38.3 Å². The normalized spacial score (nSPS) is 13.4. The molecule has 0 amide bonds. The van der Waals surface area contributed by atoms with Crippen LogP contribution >= 0.6 is 12.4 Å². The number of nitrogens with one attached hydrogen (secondary N) is 1. The molecule has 1 aromatic carbocycles. The maximum atomic E-state index is 11.1. The predicted octanol–water partition coefficient (Wildman–Crippen LogP) is 2.71. The Labute approximate surface area is 109 Å². The molecular formula is C13H20ClNO2. The van der Waals surface area contributed by atoms with Gasteiger partial charge in [0.25, 0.3) is 0 Å². The van der Waals surface area contributed by atoms with Crippen molar-refractivity contribution in [1.82, 2.24) is 5.32 Å². The first kappa shape index (κ1) is 15.9. The number of methoxy groups -OCH3 is 1. The molecule has 0 spiro atoms. The molecule has 0 bridgehead atoms. The molecule has 1 aromatic rings. The maximum Gasteiger partial charge on any atom is 0.307 e. The number of ether oxygens (including phenoxy) is 1. The second-order valence-corrected chi connectivity index (χ2v) is 3.98. The summed E-state index contributed by atoms with van der Waals surface area (Å²) < 4.78 is 4.63. The minimum Gasteiger partial charge on any atom is -0.469 e. The van der Waals surface area contributed by atoms with Gasteiger partial charge in [0.2, 0.25) is 0 Å². The molecule has 96 valence electrons. The number of hydrogen-bond acceptors (Lipinski definition) is 3. The van der Waals surface area contributed by atoms with E-state index in [1.54, 1.807) is 0 Å². The summed E-state index contributed by atoms with van der Waals surface area (Å²) in [7, 11) is 1.41. The van der Waals surface area contributed by atoms with E-state index in [0.29, 0.717) is 6.42 Å². The summed E-state index contributed by atoms with van der Waals surface area (Å²) >= 11 is 0. The zero-order chi connectivity index (χ0) is 12.0. The summed E-state index contributed by atoms with van der Waals surface area (Å²) in [6.45, 7) is 4.07. The summed E-state index contributed by atoms with van der Waals surface area (Å²) in [4.78, 5) is 11.1. The van der Waals surface area contributed by atoms with Gasteiger partial charge in [0, 0.05) is 12.1 Å². The molecule has 0 aromatic heterocycles. The number of halogens is 1. The van der Waals surface area contributed by atoms with Crippen molar-refractivity contribution in [2.24, 2.45) is 0 Å². The van der Waals surface area contributed by atoms with Crippen molar-refractivity contribution in [1.29, 1.82) is 0 Å². The van der Waals surface area contributed by atoms with Gasteiger partial charge in [-0.1, -0.05) is 30.3 Å². The van der Waals surface area contributed by atoms with Crippen LogP contribution in [0.1, 0.15) is 31.9 Å². The molecule has 1 unspecified atom stereocenters. The predicted molar refractivity (Wildman–Crippen MR) is 71.3 cm³/mol. The van der Waals surface area contributed by atoms with Crippen molar-refractivity contribution in [3.63, 3.8) is 0 Å². The van der Waals surface area contributed by atoms with E-state index in [0.717, 1.165) is 0 Å². The van der Waals surface area contributed by atoms with Gasteiger partial charge < -0.3 is 10.1 Å². The number of esters is 1. The van der Waals surface area contributed by atoms with Gasteiger partial charge in [0.1, 0.15) is 0 Å². The van der Waals surface area contributed by atoms with Crippen LogP contribution < -0.4 is 5.32 Å². The Morgan fingerprint density at radius 1 is 1.29 bits per heavy atom. The van der Waals surface area contributed by atoms with Gasteiger partial charge in [-0.2, -0.15) is 0 Å². The molecule has 1 N–H and O–H groups in total. The van der Waals surface area contributed by atoms with Crippen LogP contribution in [-0.4, -0.2) is 19.1 Å². The smallest absolute Gasteiger partial charge is 0.307 e. The van der Waals surface area contributed by atoms with Crippen LogP contribution in [0.5, 0.6) is 0 Å². The molecule has 0 radical (unpaired) electrons. The minimum absolute atomic E-state index is 0. The van der Waals surface area contributed by atoms with Crippen LogP contribution in [0.15, 0.2) is 30.3 Å². The highest BCUT2D eigenvalue weighted by molar-refractivity contribution is 5.85. The fourth-order valence-corrected chi connectivity index (χ4v) is 1.66. The molecule has 0 saturated carbocycles. The van der Waals surface area contributed by atoms with E-state index in [9.17, 15) is 4.79 Å². The highest BCUT2D eigenvalue weighted by atomic mass is 35.5. The lowest BCUT2D eigenvalue weighted by molar-refractivity contribution is -0.141. The third-order valence-corrected chi connectivity index (χ3v) is 2.53. The Bertz CT molecular complexity index is 329. The molecule has 17 heavy (non-hydrogen) atoms. The number of benzene rings is 1. The van der Waals surface area contributed by atoms with Crippen LogP contribution in [0.3, 0.4) is 0 Å². The quantitative estimate of drug-likeness (QED) is 0.825. The fraction of sp³-hybridized carbons (Fsp3) is 0.462. The van der Waals surface area contributed by atoms with Gasteiger partial charge in [-0.3, -0.25) is 4.79 Å². The molecule has 0 heterocycles. The SMILES string of the molecule is COC(=O)CC(C)N[C@@H](C)c1ccccc1.Cl. The molecule has 0 aliphatic rings. The average Bonchev–Trinajstić information content (AvgIpc) is 2.29. The summed E-state index contributed by atoms with van der Waals surface area (Å²) in [6, 6.07) is 10.5. The minimum atomic E-state index is -0.180. The number of rotatable bonds is 5. The van der Waals surface area contributed by atoms with Crippen molar-refractivity contribution < 1.29 is 9.53 Å². The van der Waals surface area contributed by atoms with Crippen LogP contribution in [0.2, 0.25) is 0 Å². The molecule has 3 nitrogen and oxygen atoms in total. The molecule has 0 saturated heterocycles. The van der Waals surface area contributed by atoms with Crippen molar-refractivity contribution in [2.45, 2.75) is 32.4 Å². The van der Waals surface area contributed by atoms with Gasteiger partial charge in [-0.25, -0.2) is 0 Å². The average molecular weight is 258 g/mol. The van der Waals surface area contributed by atoms with Crippen LogP contribution in [-0.2, 0) is 9.53 Å². The standard InChI is InChI=1S/C13H19NO2.ClH/c1-10(9-13(15)16-3)14-11(2)12-7-5-4-6-8-12;/h4-8,10-11,14H,9H2,1-3H3;1H/t10?,11-;/m0./s1. The highest BCUT2D eigenvalue weighted by Crippen LogP contribution is 2.12. The van der Waals surface area contributed by atoms with E-state index in [2.05, 4.69) is 29.1 Å². The first-order valence-corrected chi connectivity index (χ1v) is 5.51. The molecule has 4 heteroatoms.